The number of esters is 1. The summed E-state index contributed by atoms with van der Waals surface area (Å²) in [5.74, 6) is -0.111. The van der Waals surface area contributed by atoms with Gasteiger partial charge in [-0.1, -0.05) is 142 Å². The number of rotatable bonds is 27. The molecular weight excluding hydrogens is 408 g/mol. The van der Waals surface area contributed by atoms with Gasteiger partial charge in [0.2, 0.25) is 0 Å². The van der Waals surface area contributed by atoms with E-state index in [9.17, 15) is 9.59 Å². The Bertz CT molecular complexity index is 407. The monoisotopic (exact) mass is 466 g/mol. The van der Waals surface area contributed by atoms with Crippen molar-refractivity contribution in [1.82, 2.24) is 0 Å². The standard InChI is InChI=1S/C30H58O3/c1-3-5-7-9-11-13-14-15-16-17-18-20-22-24-26-30(32)33-29(27-28-31)25-23-21-19-12-10-8-6-4-2/h28-29H,3-27H2,1-2H3. The van der Waals surface area contributed by atoms with Crippen LogP contribution in [0.25, 0.3) is 0 Å². The molecular formula is C30H58O3. The van der Waals surface area contributed by atoms with Gasteiger partial charge in [0.15, 0.2) is 0 Å². The average Bonchev–Trinajstić information content (AvgIpc) is 2.81. The molecule has 0 saturated heterocycles. The van der Waals surface area contributed by atoms with E-state index in [0.29, 0.717) is 12.8 Å². The zero-order valence-corrected chi connectivity index (χ0v) is 22.6. The zero-order chi connectivity index (χ0) is 24.2. The molecule has 0 aromatic rings. The van der Waals surface area contributed by atoms with Crippen LogP contribution in [0.3, 0.4) is 0 Å². The van der Waals surface area contributed by atoms with Crippen molar-refractivity contribution >= 4 is 12.3 Å². The van der Waals surface area contributed by atoms with Gasteiger partial charge in [0.05, 0.1) is 0 Å². The van der Waals surface area contributed by atoms with Crippen LogP contribution in [0.4, 0.5) is 0 Å². The Kier molecular flexibility index (Phi) is 26.7. The summed E-state index contributed by atoms with van der Waals surface area (Å²) in [6.07, 6.45) is 30.9. The fourth-order valence-electron chi connectivity index (χ4n) is 4.55. The smallest absolute Gasteiger partial charge is 0.306 e. The fourth-order valence-corrected chi connectivity index (χ4v) is 4.55. The lowest BCUT2D eigenvalue weighted by atomic mass is 10.0. The van der Waals surface area contributed by atoms with Crippen LogP contribution >= 0.6 is 0 Å². The van der Waals surface area contributed by atoms with Crippen LogP contribution in [-0.4, -0.2) is 18.4 Å². The van der Waals surface area contributed by atoms with Gasteiger partial charge in [-0.25, -0.2) is 0 Å². The third-order valence-corrected chi connectivity index (χ3v) is 6.77. The molecule has 0 rings (SSSR count). The predicted octanol–water partition coefficient (Wildman–Crippen LogP) is 9.89. The minimum Gasteiger partial charge on any atom is -0.462 e. The van der Waals surface area contributed by atoms with E-state index in [1.54, 1.807) is 0 Å². The number of ether oxygens (including phenoxy) is 1. The summed E-state index contributed by atoms with van der Waals surface area (Å²) in [6.45, 7) is 4.52. The van der Waals surface area contributed by atoms with Crippen molar-refractivity contribution in [3.05, 3.63) is 0 Å². The van der Waals surface area contributed by atoms with Crippen molar-refractivity contribution < 1.29 is 14.3 Å². The molecule has 0 N–H and O–H groups in total. The lowest BCUT2D eigenvalue weighted by Gasteiger charge is -2.15. The number of hydrogen-bond acceptors (Lipinski definition) is 3. The molecule has 0 aliphatic carbocycles. The quantitative estimate of drug-likeness (QED) is 0.0687. The van der Waals surface area contributed by atoms with Crippen LogP contribution in [0, 0.1) is 0 Å². The first-order chi connectivity index (χ1) is 16.2. The van der Waals surface area contributed by atoms with Gasteiger partial charge in [0.25, 0.3) is 0 Å². The summed E-state index contributed by atoms with van der Waals surface area (Å²) < 4.78 is 5.59. The maximum Gasteiger partial charge on any atom is 0.306 e. The SMILES string of the molecule is CCCCCCCCCCCCCCCCC(=O)OC(CC=O)CCCCCCCCCC. The van der Waals surface area contributed by atoms with E-state index >= 15 is 0 Å². The highest BCUT2D eigenvalue weighted by atomic mass is 16.5. The maximum absolute atomic E-state index is 12.1. The molecule has 1 atom stereocenters. The highest BCUT2D eigenvalue weighted by Gasteiger charge is 2.13. The van der Waals surface area contributed by atoms with Gasteiger partial charge < -0.3 is 9.53 Å². The van der Waals surface area contributed by atoms with Gasteiger partial charge >= 0.3 is 5.97 Å². The van der Waals surface area contributed by atoms with Crippen LogP contribution < -0.4 is 0 Å². The largest absolute Gasteiger partial charge is 0.462 e. The Balaban J connectivity index is 3.52. The Labute approximate surface area is 207 Å². The fraction of sp³-hybridized carbons (Fsp3) is 0.933. The summed E-state index contributed by atoms with van der Waals surface area (Å²) in [4.78, 5) is 23.1. The van der Waals surface area contributed by atoms with Crippen molar-refractivity contribution in [2.45, 2.75) is 180 Å². The molecule has 0 aromatic heterocycles. The lowest BCUT2D eigenvalue weighted by Crippen LogP contribution is -2.18. The van der Waals surface area contributed by atoms with Crippen LogP contribution in [0.1, 0.15) is 174 Å². The molecule has 0 spiro atoms. The topological polar surface area (TPSA) is 43.4 Å². The molecule has 196 valence electrons. The Morgan fingerprint density at radius 2 is 0.939 bits per heavy atom. The lowest BCUT2D eigenvalue weighted by molar-refractivity contribution is -0.150. The second kappa shape index (κ2) is 27.4. The van der Waals surface area contributed by atoms with Gasteiger partial charge in [0, 0.05) is 12.8 Å². The molecule has 0 amide bonds. The van der Waals surface area contributed by atoms with Crippen LogP contribution in [0.2, 0.25) is 0 Å². The van der Waals surface area contributed by atoms with Crippen molar-refractivity contribution in [1.29, 1.82) is 0 Å². The molecule has 0 aliphatic heterocycles. The summed E-state index contributed by atoms with van der Waals surface area (Å²) in [5, 5.41) is 0. The number of carbonyl (C=O) groups is 2. The van der Waals surface area contributed by atoms with Gasteiger partial charge in [-0.05, 0) is 19.3 Å². The molecule has 33 heavy (non-hydrogen) atoms. The summed E-state index contributed by atoms with van der Waals surface area (Å²) in [7, 11) is 0. The molecule has 0 aliphatic rings. The molecule has 0 radical (unpaired) electrons. The highest BCUT2D eigenvalue weighted by Crippen LogP contribution is 2.16. The van der Waals surface area contributed by atoms with E-state index in [1.165, 1.54) is 122 Å². The highest BCUT2D eigenvalue weighted by molar-refractivity contribution is 5.69. The molecule has 3 nitrogen and oxygen atoms in total. The van der Waals surface area contributed by atoms with Crippen LogP contribution in [0.5, 0.6) is 0 Å². The molecule has 0 fully saturated rings. The first-order valence-electron chi connectivity index (χ1n) is 14.9. The number of aldehydes is 1. The number of carbonyl (C=O) groups excluding carboxylic acids is 2. The van der Waals surface area contributed by atoms with E-state index in [-0.39, 0.29) is 12.1 Å². The minimum absolute atomic E-state index is 0.111. The number of hydrogen-bond donors (Lipinski definition) is 0. The Morgan fingerprint density at radius 1 is 0.576 bits per heavy atom. The van der Waals surface area contributed by atoms with E-state index in [1.807, 2.05) is 0 Å². The summed E-state index contributed by atoms with van der Waals surface area (Å²) in [5.41, 5.74) is 0. The average molecular weight is 467 g/mol. The van der Waals surface area contributed by atoms with Crippen molar-refractivity contribution in [2.75, 3.05) is 0 Å². The normalized spacial score (nSPS) is 12.1. The van der Waals surface area contributed by atoms with E-state index in [2.05, 4.69) is 13.8 Å². The second-order valence-electron chi connectivity index (χ2n) is 10.1. The molecule has 0 heterocycles. The molecule has 0 aromatic carbocycles. The molecule has 0 bridgehead atoms. The predicted molar refractivity (Wildman–Crippen MR) is 143 cm³/mol. The van der Waals surface area contributed by atoms with E-state index in [0.717, 1.165) is 32.0 Å². The third kappa shape index (κ3) is 25.6. The molecule has 0 saturated carbocycles. The van der Waals surface area contributed by atoms with Crippen LogP contribution in [-0.2, 0) is 14.3 Å². The van der Waals surface area contributed by atoms with Gasteiger partial charge in [0.1, 0.15) is 12.4 Å². The van der Waals surface area contributed by atoms with Crippen molar-refractivity contribution in [3.8, 4) is 0 Å². The van der Waals surface area contributed by atoms with E-state index in [4.69, 9.17) is 4.74 Å². The minimum atomic E-state index is -0.207. The zero-order valence-electron chi connectivity index (χ0n) is 22.6. The van der Waals surface area contributed by atoms with E-state index < -0.39 is 0 Å². The van der Waals surface area contributed by atoms with Gasteiger partial charge in [-0.15, -0.1) is 0 Å². The maximum atomic E-state index is 12.1. The summed E-state index contributed by atoms with van der Waals surface area (Å²) >= 11 is 0. The van der Waals surface area contributed by atoms with Crippen molar-refractivity contribution in [3.63, 3.8) is 0 Å². The Morgan fingerprint density at radius 3 is 1.33 bits per heavy atom. The van der Waals surface area contributed by atoms with Crippen molar-refractivity contribution in [2.24, 2.45) is 0 Å². The summed E-state index contributed by atoms with van der Waals surface area (Å²) in [6, 6.07) is 0. The first kappa shape index (κ1) is 32.1. The van der Waals surface area contributed by atoms with Gasteiger partial charge in [-0.3, -0.25) is 4.79 Å². The second-order valence-corrected chi connectivity index (χ2v) is 10.1. The van der Waals surface area contributed by atoms with Gasteiger partial charge in [-0.2, -0.15) is 0 Å². The molecule has 3 heteroatoms. The molecule has 1 unspecified atom stereocenters. The Hall–Kier alpha value is -0.860. The van der Waals surface area contributed by atoms with Crippen LogP contribution in [0.15, 0.2) is 0 Å². The third-order valence-electron chi connectivity index (χ3n) is 6.77. The number of unbranched alkanes of at least 4 members (excludes halogenated alkanes) is 20. The first-order valence-corrected chi connectivity index (χ1v) is 14.9.